The van der Waals surface area contributed by atoms with Crippen LogP contribution >= 0.6 is 0 Å². The molecule has 19 heteroatoms. The van der Waals surface area contributed by atoms with Crippen molar-refractivity contribution in [2.24, 2.45) is 0 Å². The van der Waals surface area contributed by atoms with Crippen molar-refractivity contribution in [1.29, 1.82) is 0 Å². The van der Waals surface area contributed by atoms with Crippen molar-refractivity contribution in [2.75, 3.05) is 6.61 Å². The number of likely N-dealkylation sites (tertiary alicyclic amines) is 1. The molecule has 0 aromatic rings. The zero-order valence-corrected chi connectivity index (χ0v) is 14.7. The number of nitrogens with zero attached hydrogens (tertiary/aromatic N) is 1. The molecule has 0 bridgehead atoms. The minimum atomic E-state index is -6.75. The number of carbonyl (C=O) groups is 3. The van der Waals surface area contributed by atoms with Crippen LogP contribution in [0.5, 0.6) is 0 Å². The van der Waals surface area contributed by atoms with Crippen molar-refractivity contribution < 1.29 is 80.9 Å². The SMILES string of the molecule is O=C1CCC(=O)N1[C@](F)(C(=O)OCC(F)(OC(F)(F)CC(F)(F)F)C(F)(F)F)C(F)(F)F. The maximum absolute atomic E-state index is 14.5. The number of esters is 1. The predicted molar refractivity (Wildman–Crippen MR) is 68.5 cm³/mol. The Morgan fingerprint density at radius 1 is 0.781 bits per heavy atom. The van der Waals surface area contributed by atoms with Gasteiger partial charge in [0, 0.05) is 12.8 Å². The molecule has 32 heavy (non-hydrogen) atoms. The third-order valence-electron chi connectivity index (χ3n) is 3.54. The largest absolute Gasteiger partial charge is 0.455 e. The quantitative estimate of drug-likeness (QED) is 0.229. The molecular weight excluding hydrogens is 497 g/mol. The van der Waals surface area contributed by atoms with Crippen LogP contribution in [0, 0.1) is 0 Å². The lowest BCUT2D eigenvalue weighted by molar-refractivity contribution is -0.428. The molecule has 0 radical (unpaired) electrons. The molecular formula is C13H8F13NO5. The summed E-state index contributed by atoms with van der Waals surface area (Å²) in [4.78, 5) is 32.8. The number of halogens is 13. The highest BCUT2D eigenvalue weighted by molar-refractivity contribution is 6.06. The van der Waals surface area contributed by atoms with Crippen LogP contribution in [0.2, 0.25) is 0 Å². The van der Waals surface area contributed by atoms with E-state index in [0.717, 1.165) is 0 Å². The fraction of sp³-hybridized carbons (Fsp3) is 0.769. The minimum Gasteiger partial charge on any atom is -0.455 e. The van der Waals surface area contributed by atoms with Crippen LogP contribution in [0.25, 0.3) is 0 Å². The summed E-state index contributed by atoms with van der Waals surface area (Å²) in [7, 11) is 0. The van der Waals surface area contributed by atoms with Crippen LogP contribution in [0.15, 0.2) is 0 Å². The molecule has 1 unspecified atom stereocenters. The van der Waals surface area contributed by atoms with E-state index >= 15 is 0 Å². The number of imide groups is 1. The fourth-order valence-electron chi connectivity index (χ4n) is 2.18. The van der Waals surface area contributed by atoms with Gasteiger partial charge in [-0.15, -0.1) is 0 Å². The Hall–Kier alpha value is -2.34. The van der Waals surface area contributed by atoms with Gasteiger partial charge in [0.15, 0.2) is 6.61 Å². The van der Waals surface area contributed by atoms with Crippen LogP contribution < -0.4 is 0 Å². The minimum absolute atomic E-state index is 1.07. The Bertz CT molecular complexity index is 745. The van der Waals surface area contributed by atoms with Crippen LogP contribution in [0.3, 0.4) is 0 Å². The van der Waals surface area contributed by atoms with Gasteiger partial charge in [-0.3, -0.25) is 14.3 Å². The number of amides is 2. The number of alkyl halides is 13. The summed E-state index contributed by atoms with van der Waals surface area (Å²) in [6, 6.07) is 0. The maximum atomic E-state index is 14.5. The number of rotatable bonds is 7. The van der Waals surface area contributed by atoms with Crippen molar-refractivity contribution in [1.82, 2.24) is 4.90 Å². The molecule has 1 rings (SSSR count). The summed E-state index contributed by atoms with van der Waals surface area (Å²) in [5.41, 5.74) is 0. The highest BCUT2D eigenvalue weighted by Crippen LogP contribution is 2.45. The Morgan fingerprint density at radius 2 is 1.22 bits per heavy atom. The Balaban J connectivity index is 3.24. The molecule has 0 N–H and O–H groups in total. The lowest BCUT2D eigenvalue weighted by Gasteiger charge is -2.34. The van der Waals surface area contributed by atoms with Gasteiger partial charge in [-0.05, 0) is 0 Å². The van der Waals surface area contributed by atoms with Gasteiger partial charge in [0.2, 0.25) is 11.8 Å². The van der Waals surface area contributed by atoms with Crippen molar-refractivity contribution in [3.8, 4) is 0 Å². The summed E-state index contributed by atoms with van der Waals surface area (Å²) in [5, 5.41) is 0. The molecule has 0 spiro atoms. The second kappa shape index (κ2) is 8.22. The molecule has 0 saturated carbocycles. The second-order valence-corrected chi connectivity index (χ2v) is 6.08. The summed E-state index contributed by atoms with van der Waals surface area (Å²) in [6.07, 6.45) is -30.9. The first kappa shape index (κ1) is 27.7. The molecule has 0 aromatic carbocycles. The highest BCUT2D eigenvalue weighted by Gasteiger charge is 2.72. The summed E-state index contributed by atoms with van der Waals surface area (Å²) in [5.74, 6) is -19.4. The van der Waals surface area contributed by atoms with Gasteiger partial charge in [-0.2, -0.15) is 57.1 Å². The monoisotopic (exact) mass is 505 g/mol. The van der Waals surface area contributed by atoms with Crippen molar-refractivity contribution in [3.63, 3.8) is 0 Å². The first-order chi connectivity index (χ1) is 14.0. The molecule has 2 atom stereocenters. The molecule has 2 amide bonds. The Kier molecular flexibility index (Phi) is 7.11. The average molecular weight is 505 g/mol. The molecule has 1 saturated heterocycles. The molecule has 1 aliphatic rings. The van der Waals surface area contributed by atoms with Crippen LogP contribution in [-0.2, 0) is 23.9 Å². The smallest absolute Gasteiger partial charge is 0.454 e. The van der Waals surface area contributed by atoms with Gasteiger partial charge in [0.1, 0.15) is 6.42 Å². The van der Waals surface area contributed by atoms with Gasteiger partial charge in [0.05, 0.1) is 0 Å². The normalized spacial score (nSPS) is 20.2. The average Bonchev–Trinajstić information content (AvgIpc) is 2.86. The van der Waals surface area contributed by atoms with Crippen molar-refractivity contribution in [2.45, 2.75) is 55.5 Å². The van der Waals surface area contributed by atoms with Crippen molar-refractivity contribution >= 4 is 17.8 Å². The van der Waals surface area contributed by atoms with Crippen LogP contribution in [-0.4, -0.2) is 65.6 Å². The van der Waals surface area contributed by atoms with E-state index in [4.69, 9.17) is 0 Å². The Morgan fingerprint density at radius 3 is 1.56 bits per heavy atom. The molecule has 1 fully saturated rings. The van der Waals surface area contributed by atoms with Crippen LogP contribution in [0.1, 0.15) is 19.3 Å². The summed E-state index contributed by atoms with van der Waals surface area (Å²) in [6.45, 7) is -3.36. The van der Waals surface area contributed by atoms with E-state index in [9.17, 15) is 71.5 Å². The predicted octanol–water partition coefficient (Wildman–Crippen LogP) is 3.70. The fourth-order valence-corrected chi connectivity index (χ4v) is 2.18. The number of ether oxygens (including phenoxy) is 2. The Labute approximate surface area is 167 Å². The number of hydrogen-bond acceptors (Lipinski definition) is 5. The molecule has 186 valence electrons. The second-order valence-electron chi connectivity index (χ2n) is 6.08. The van der Waals surface area contributed by atoms with Gasteiger partial charge >= 0.3 is 42.3 Å². The third-order valence-corrected chi connectivity index (χ3v) is 3.54. The first-order valence-electron chi connectivity index (χ1n) is 7.66. The van der Waals surface area contributed by atoms with Crippen molar-refractivity contribution in [3.05, 3.63) is 0 Å². The maximum Gasteiger partial charge on any atom is 0.454 e. The van der Waals surface area contributed by atoms with E-state index in [1.165, 1.54) is 0 Å². The van der Waals surface area contributed by atoms with E-state index in [0.29, 0.717) is 0 Å². The number of hydrogen-bond donors (Lipinski definition) is 0. The van der Waals surface area contributed by atoms with Gasteiger partial charge in [-0.1, -0.05) is 0 Å². The molecule has 0 aromatic heterocycles. The lowest BCUT2D eigenvalue weighted by atomic mass is 10.2. The topological polar surface area (TPSA) is 72.9 Å². The third kappa shape index (κ3) is 5.71. The zero-order valence-electron chi connectivity index (χ0n) is 14.7. The van der Waals surface area contributed by atoms with E-state index in [1.54, 1.807) is 0 Å². The van der Waals surface area contributed by atoms with Gasteiger partial charge in [-0.25, -0.2) is 9.69 Å². The van der Waals surface area contributed by atoms with E-state index in [-0.39, 0.29) is 0 Å². The molecule has 0 aliphatic carbocycles. The lowest BCUT2D eigenvalue weighted by Crippen LogP contribution is -2.64. The standard InChI is InChI=1S/C13H8F13NO5/c14-8(12(21,22)23,32-10(18,19)3-9(15,16)17)4-31-7(30)11(20,13(24,25)26)27-5(28)1-2-6(27)29/h1-4H2/t8?,11-/m1/s1. The molecule has 1 aliphatic heterocycles. The zero-order chi connectivity index (χ0) is 25.6. The number of carbonyl (C=O) groups excluding carboxylic acids is 3. The van der Waals surface area contributed by atoms with E-state index < -0.39 is 84.8 Å². The van der Waals surface area contributed by atoms with E-state index in [1.807, 2.05) is 0 Å². The summed E-state index contributed by atoms with van der Waals surface area (Å²) >= 11 is 0. The molecule has 1 heterocycles. The highest BCUT2D eigenvalue weighted by atomic mass is 19.4. The van der Waals surface area contributed by atoms with Crippen LogP contribution in [0.4, 0.5) is 57.1 Å². The molecule has 6 nitrogen and oxygen atoms in total. The summed E-state index contributed by atoms with van der Waals surface area (Å²) < 4.78 is 173. The first-order valence-corrected chi connectivity index (χ1v) is 7.66. The van der Waals surface area contributed by atoms with E-state index in [2.05, 4.69) is 9.47 Å². The van der Waals surface area contributed by atoms with Gasteiger partial charge < -0.3 is 4.74 Å². The van der Waals surface area contributed by atoms with Gasteiger partial charge in [0.25, 0.3) is 0 Å².